The Morgan fingerprint density at radius 2 is 2.06 bits per heavy atom. The predicted octanol–water partition coefficient (Wildman–Crippen LogP) is 0.971. The fourth-order valence-corrected chi connectivity index (χ4v) is 1.15. The first-order valence-corrected chi connectivity index (χ1v) is 4.97. The zero-order chi connectivity index (χ0) is 13.1. The molecule has 5 nitrogen and oxygen atoms in total. The average molecular weight is 241 g/mol. The van der Waals surface area contributed by atoms with Crippen LogP contribution in [0.5, 0.6) is 0 Å². The maximum absolute atomic E-state index is 12.9. The standard InChI is InChI=1S/C10H13F2N5/c1-6-7(2)16-17-9(8(6)3-13)15-5-10(11,12)4-14/h4-5,14H2,1-2H3,(H,15,17). The second-order valence-electron chi connectivity index (χ2n) is 3.66. The van der Waals surface area contributed by atoms with Crippen molar-refractivity contribution in [3.8, 4) is 6.07 Å². The molecule has 0 atom stereocenters. The minimum Gasteiger partial charge on any atom is -0.361 e. The van der Waals surface area contributed by atoms with Crippen LogP contribution >= 0.6 is 0 Å². The lowest BCUT2D eigenvalue weighted by molar-refractivity contribution is 0.0253. The molecule has 0 aliphatic carbocycles. The number of nitrogens with one attached hydrogen (secondary N) is 1. The smallest absolute Gasteiger partial charge is 0.276 e. The molecule has 0 saturated carbocycles. The third-order valence-electron chi connectivity index (χ3n) is 2.38. The molecular formula is C10H13F2N5. The molecule has 0 bridgehead atoms. The molecular weight excluding hydrogens is 228 g/mol. The van der Waals surface area contributed by atoms with Crippen LogP contribution in [0.2, 0.25) is 0 Å². The molecule has 0 aromatic carbocycles. The Bertz CT molecular complexity index is 453. The van der Waals surface area contributed by atoms with Crippen LogP contribution in [0.25, 0.3) is 0 Å². The van der Waals surface area contributed by atoms with Crippen molar-refractivity contribution in [1.82, 2.24) is 10.2 Å². The molecule has 0 amide bonds. The van der Waals surface area contributed by atoms with Crippen LogP contribution in [0.3, 0.4) is 0 Å². The Balaban J connectivity index is 2.94. The van der Waals surface area contributed by atoms with Gasteiger partial charge in [-0.2, -0.15) is 10.4 Å². The highest BCUT2D eigenvalue weighted by Gasteiger charge is 2.27. The molecule has 1 rings (SSSR count). The van der Waals surface area contributed by atoms with Crippen LogP contribution in [-0.2, 0) is 0 Å². The lowest BCUT2D eigenvalue weighted by atomic mass is 10.1. The Kier molecular flexibility index (Phi) is 3.91. The van der Waals surface area contributed by atoms with Gasteiger partial charge >= 0.3 is 0 Å². The summed E-state index contributed by atoms with van der Waals surface area (Å²) in [6.07, 6.45) is 0. The first kappa shape index (κ1) is 13.3. The summed E-state index contributed by atoms with van der Waals surface area (Å²) in [5.41, 5.74) is 6.35. The summed E-state index contributed by atoms with van der Waals surface area (Å²) in [5.74, 6) is -2.98. The number of nitrogens with zero attached hydrogens (tertiary/aromatic N) is 3. The Morgan fingerprint density at radius 3 is 2.59 bits per heavy atom. The molecule has 0 fully saturated rings. The Hall–Kier alpha value is -1.81. The molecule has 0 aliphatic rings. The average Bonchev–Trinajstić information content (AvgIpc) is 2.31. The van der Waals surface area contributed by atoms with Crippen LogP contribution < -0.4 is 11.1 Å². The molecule has 0 radical (unpaired) electrons. The number of nitrogens with two attached hydrogens (primary N) is 1. The van der Waals surface area contributed by atoms with E-state index >= 15 is 0 Å². The number of alkyl halides is 2. The van der Waals surface area contributed by atoms with Crippen molar-refractivity contribution in [1.29, 1.82) is 5.26 Å². The fraction of sp³-hybridized carbons (Fsp3) is 0.500. The van der Waals surface area contributed by atoms with Gasteiger partial charge in [0.05, 0.1) is 18.8 Å². The van der Waals surface area contributed by atoms with Gasteiger partial charge in [0.2, 0.25) is 0 Å². The van der Waals surface area contributed by atoms with E-state index in [9.17, 15) is 8.78 Å². The highest BCUT2D eigenvalue weighted by molar-refractivity contribution is 5.55. The first-order chi connectivity index (χ1) is 7.91. The second kappa shape index (κ2) is 5.01. The summed E-state index contributed by atoms with van der Waals surface area (Å²) in [7, 11) is 0. The summed E-state index contributed by atoms with van der Waals surface area (Å²) < 4.78 is 25.9. The molecule has 1 heterocycles. The predicted molar refractivity (Wildman–Crippen MR) is 58.7 cm³/mol. The van der Waals surface area contributed by atoms with E-state index in [-0.39, 0.29) is 11.4 Å². The molecule has 1 aromatic rings. The van der Waals surface area contributed by atoms with E-state index in [1.54, 1.807) is 13.8 Å². The zero-order valence-corrected chi connectivity index (χ0v) is 9.59. The first-order valence-electron chi connectivity index (χ1n) is 4.97. The number of aryl methyl sites for hydroxylation is 1. The summed E-state index contributed by atoms with van der Waals surface area (Å²) in [5, 5.41) is 18.8. The maximum atomic E-state index is 12.9. The number of anilines is 1. The van der Waals surface area contributed by atoms with E-state index in [0.717, 1.165) is 0 Å². The van der Waals surface area contributed by atoms with E-state index in [1.165, 1.54) is 0 Å². The zero-order valence-electron chi connectivity index (χ0n) is 9.59. The summed E-state index contributed by atoms with van der Waals surface area (Å²) in [6, 6.07) is 1.92. The van der Waals surface area contributed by atoms with Crippen LogP contribution in [0.15, 0.2) is 0 Å². The van der Waals surface area contributed by atoms with Crippen molar-refractivity contribution in [2.75, 3.05) is 18.4 Å². The van der Waals surface area contributed by atoms with Gasteiger partial charge in [0.15, 0.2) is 5.82 Å². The van der Waals surface area contributed by atoms with Gasteiger partial charge in [-0.25, -0.2) is 8.78 Å². The minimum absolute atomic E-state index is 0.0590. The Morgan fingerprint density at radius 1 is 1.41 bits per heavy atom. The molecule has 0 saturated heterocycles. The largest absolute Gasteiger partial charge is 0.361 e. The van der Waals surface area contributed by atoms with Crippen molar-refractivity contribution in [3.05, 3.63) is 16.8 Å². The van der Waals surface area contributed by atoms with Crippen LogP contribution in [-0.4, -0.2) is 29.2 Å². The van der Waals surface area contributed by atoms with Gasteiger partial charge in [0.25, 0.3) is 5.92 Å². The van der Waals surface area contributed by atoms with E-state index in [1.807, 2.05) is 6.07 Å². The lowest BCUT2D eigenvalue weighted by Gasteiger charge is -2.15. The van der Waals surface area contributed by atoms with E-state index < -0.39 is 19.0 Å². The van der Waals surface area contributed by atoms with Gasteiger partial charge in [-0.3, -0.25) is 0 Å². The molecule has 0 unspecified atom stereocenters. The summed E-state index contributed by atoms with van der Waals surface area (Å²) in [6.45, 7) is 1.95. The topological polar surface area (TPSA) is 87.6 Å². The van der Waals surface area contributed by atoms with Crippen molar-refractivity contribution < 1.29 is 8.78 Å². The number of rotatable bonds is 4. The van der Waals surface area contributed by atoms with Gasteiger partial charge < -0.3 is 11.1 Å². The third-order valence-corrected chi connectivity index (χ3v) is 2.38. The van der Waals surface area contributed by atoms with Gasteiger partial charge in [0.1, 0.15) is 11.6 Å². The van der Waals surface area contributed by atoms with Crippen LogP contribution in [0.1, 0.15) is 16.8 Å². The molecule has 17 heavy (non-hydrogen) atoms. The number of aromatic nitrogens is 2. The van der Waals surface area contributed by atoms with Crippen LogP contribution in [0, 0.1) is 25.2 Å². The molecule has 92 valence electrons. The van der Waals surface area contributed by atoms with Gasteiger partial charge in [-0.15, -0.1) is 5.10 Å². The monoisotopic (exact) mass is 241 g/mol. The van der Waals surface area contributed by atoms with Gasteiger partial charge in [0, 0.05) is 0 Å². The quantitative estimate of drug-likeness (QED) is 0.820. The van der Waals surface area contributed by atoms with Gasteiger partial charge in [-0.1, -0.05) is 0 Å². The minimum atomic E-state index is -3.03. The normalized spacial score (nSPS) is 11.1. The van der Waals surface area contributed by atoms with E-state index in [2.05, 4.69) is 15.5 Å². The number of nitriles is 1. The highest BCUT2D eigenvalue weighted by atomic mass is 19.3. The molecule has 0 spiro atoms. The molecule has 0 aliphatic heterocycles. The van der Waals surface area contributed by atoms with Gasteiger partial charge in [-0.05, 0) is 19.4 Å². The third kappa shape index (κ3) is 3.07. The number of halogens is 2. The fourth-order valence-electron chi connectivity index (χ4n) is 1.15. The van der Waals surface area contributed by atoms with Crippen molar-refractivity contribution >= 4 is 5.82 Å². The van der Waals surface area contributed by atoms with E-state index in [4.69, 9.17) is 11.0 Å². The number of hydrogen-bond donors (Lipinski definition) is 2. The second-order valence-corrected chi connectivity index (χ2v) is 3.66. The Labute approximate surface area is 97.6 Å². The van der Waals surface area contributed by atoms with Crippen molar-refractivity contribution in [2.24, 2.45) is 5.73 Å². The molecule has 7 heteroatoms. The summed E-state index contributed by atoms with van der Waals surface area (Å²) >= 11 is 0. The maximum Gasteiger partial charge on any atom is 0.276 e. The highest BCUT2D eigenvalue weighted by Crippen LogP contribution is 2.19. The number of hydrogen-bond acceptors (Lipinski definition) is 5. The van der Waals surface area contributed by atoms with Crippen molar-refractivity contribution in [3.63, 3.8) is 0 Å². The molecule has 1 aromatic heterocycles. The van der Waals surface area contributed by atoms with E-state index in [0.29, 0.717) is 11.3 Å². The SMILES string of the molecule is Cc1nnc(NCC(F)(F)CN)c(C#N)c1C. The van der Waals surface area contributed by atoms with Crippen LogP contribution in [0.4, 0.5) is 14.6 Å². The lowest BCUT2D eigenvalue weighted by Crippen LogP contribution is -2.35. The molecule has 3 N–H and O–H groups in total. The summed E-state index contributed by atoms with van der Waals surface area (Å²) in [4.78, 5) is 0. The van der Waals surface area contributed by atoms with Crippen molar-refractivity contribution in [2.45, 2.75) is 19.8 Å².